The largest absolute Gasteiger partial charge is 0.459 e. The van der Waals surface area contributed by atoms with Crippen LogP contribution in [-0.4, -0.2) is 36.3 Å². The van der Waals surface area contributed by atoms with Crippen molar-refractivity contribution in [2.24, 2.45) is 0 Å². The van der Waals surface area contributed by atoms with E-state index in [0.29, 0.717) is 0 Å². The molecule has 0 aromatic carbocycles. The molecule has 2 aromatic heterocycles. The van der Waals surface area contributed by atoms with Crippen molar-refractivity contribution < 1.29 is 4.74 Å². The Labute approximate surface area is 95.8 Å². The van der Waals surface area contributed by atoms with Crippen molar-refractivity contribution in [3.8, 4) is 12.0 Å². The molecule has 0 N–H and O–H groups in total. The van der Waals surface area contributed by atoms with Gasteiger partial charge in [-0.25, -0.2) is 4.98 Å². The summed E-state index contributed by atoms with van der Waals surface area (Å²) in [5, 5.41) is 3.89. The van der Waals surface area contributed by atoms with Crippen LogP contribution in [0.15, 0.2) is 25.3 Å². The van der Waals surface area contributed by atoms with E-state index in [1.54, 1.807) is 6.08 Å². The highest BCUT2D eigenvalue weighted by Gasteiger charge is 2.07. The first kappa shape index (κ1) is 10.5. The molecule has 16 heavy (non-hydrogen) atoms. The van der Waals surface area contributed by atoms with Gasteiger partial charge in [0.15, 0.2) is 0 Å². The van der Waals surface area contributed by atoms with E-state index in [2.05, 4.69) is 31.6 Å². The van der Waals surface area contributed by atoms with Crippen LogP contribution in [0.25, 0.3) is 5.95 Å². The van der Waals surface area contributed by atoms with Crippen LogP contribution in [0.2, 0.25) is 5.28 Å². The fourth-order valence-electron chi connectivity index (χ4n) is 0.934. The number of aromatic nitrogens is 6. The predicted molar refractivity (Wildman–Crippen MR) is 55.4 cm³/mol. The molecule has 0 aliphatic heterocycles. The molecule has 2 heterocycles. The molecule has 0 unspecified atom stereocenters. The maximum Gasteiger partial charge on any atom is 0.322 e. The predicted octanol–water partition coefficient (Wildman–Crippen LogP) is 0.670. The molecule has 0 saturated carbocycles. The van der Waals surface area contributed by atoms with Crippen molar-refractivity contribution in [2.75, 3.05) is 6.61 Å². The Hall–Kier alpha value is -2.02. The van der Waals surface area contributed by atoms with Crippen molar-refractivity contribution in [3.05, 3.63) is 30.6 Å². The van der Waals surface area contributed by atoms with Crippen molar-refractivity contribution in [3.63, 3.8) is 0 Å². The molecule has 7 nitrogen and oxygen atoms in total. The molecule has 0 amide bonds. The lowest BCUT2D eigenvalue weighted by Crippen LogP contribution is -2.06. The first-order valence-electron chi connectivity index (χ1n) is 4.30. The van der Waals surface area contributed by atoms with Gasteiger partial charge in [0, 0.05) is 0 Å². The second-order valence-electron chi connectivity index (χ2n) is 2.63. The lowest BCUT2D eigenvalue weighted by Gasteiger charge is -2.03. The van der Waals surface area contributed by atoms with Crippen LogP contribution in [-0.2, 0) is 0 Å². The highest BCUT2D eigenvalue weighted by Crippen LogP contribution is 2.10. The SMILES string of the molecule is C=CCOc1nc(Cl)nc(-n2cncn2)n1. The van der Waals surface area contributed by atoms with Gasteiger partial charge in [0.2, 0.25) is 5.28 Å². The highest BCUT2D eigenvalue weighted by atomic mass is 35.5. The third kappa shape index (κ3) is 2.31. The Morgan fingerprint density at radius 1 is 1.44 bits per heavy atom. The highest BCUT2D eigenvalue weighted by molar-refractivity contribution is 6.28. The zero-order valence-corrected chi connectivity index (χ0v) is 8.87. The van der Waals surface area contributed by atoms with Crippen molar-refractivity contribution in [1.29, 1.82) is 0 Å². The summed E-state index contributed by atoms with van der Waals surface area (Å²) in [4.78, 5) is 15.4. The van der Waals surface area contributed by atoms with Crippen molar-refractivity contribution in [2.45, 2.75) is 0 Å². The summed E-state index contributed by atoms with van der Waals surface area (Å²) in [6.07, 6.45) is 4.39. The Balaban J connectivity index is 2.32. The van der Waals surface area contributed by atoms with E-state index < -0.39 is 0 Å². The minimum absolute atomic E-state index is 0.0274. The van der Waals surface area contributed by atoms with Crippen LogP contribution < -0.4 is 4.74 Å². The second kappa shape index (κ2) is 4.67. The van der Waals surface area contributed by atoms with Crippen LogP contribution in [0.3, 0.4) is 0 Å². The summed E-state index contributed by atoms with van der Waals surface area (Å²) < 4.78 is 6.50. The molecule has 0 bridgehead atoms. The van der Waals surface area contributed by atoms with Crippen molar-refractivity contribution >= 4 is 11.6 Å². The molecular formula is C8H7ClN6O. The summed E-state index contributed by atoms with van der Waals surface area (Å²) in [5.74, 6) is 0.247. The van der Waals surface area contributed by atoms with E-state index >= 15 is 0 Å². The first-order chi connectivity index (χ1) is 7.79. The molecule has 0 aliphatic carbocycles. The normalized spacial score (nSPS) is 10.1. The summed E-state index contributed by atoms with van der Waals surface area (Å²) in [5.41, 5.74) is 0. The molecule has 2 aromatic rings. The average molecular weight is 239 g/mol. The minimum atomic E-state index is 0.0274. The maximum absolute atomic E-state index is 5.72. The monoisotopic (exact) mass is 238 g/mol. The molecule has 2 rings (SSSR count). The Morgan fingerprint density at radius 2 is 2.31 bits per heavy atom. The molecule has 0 fully saturated rings. The van der Waals surface area contributed by atoms with Gasteiger partial charge in [-0.15, -0.1) is 0 Å². The van der Waals surface area contributed by atoms with E-state index in [0.717, 1.165) is 0 Å². The van der Waals surface area contributed by atoms with E-state index in [4.69, 9.17) is 16.3 Å². The lowest BCUT2D eigenvalue weighted by atomic mass is 10.7. The number of rotatable bonds is 4. The van der Waals surface area contributed by atoms with E-state index in [1.807, 2.05) is 0 Å². The van der Waals surface area contributed by atoms with Gasteiger partial charge in [0.1, 0.15) is 19.3 Å². The standard InChI is InChI=1S/C8H7ClN6O/c1-2-3-16-8-13-6(9)12-7(14-8)15-5-10-4-11-15/h2,4-5H,1,3H2. The van der Waals surface area contributed by atoms with Gasteiger partial charge in [-0.05, 0) is 11.6 Å². The molecule has 0 saturated heterocycles. The topological polar surface area (TPSA) is 78.6 Å². The smallest absolute Gasteiger partial charge is 0.322 e. The maximum atomic E-state index is 5.72. The molecular weight excluding hydrogens is 232 g/mol. The van der Waals surface area contributed by atoms with Crippen LogP contribution in [0.5, 0.6) is 6.01 Å². The fourth-order valence-corrected chi connectivity index (χ4v) is 1.08. The number of halogens is 1. The van der Waals surface area contributed by atoms with E-state index in [-0.39, 0.29) is 23.8 Å². The molecule has 0 radical (unpaired) electrons. The Morgan fingerprint density at radius 3 is 3.00 bits per heavy atom. The number of hydrogen-bond donors (Lipinski definition) is 0. The molecule has 8 heteroatoms. The molecule has 0 atom stereocenters. The second-order valence-corrected chi connectivity index (χ2v) is 2.96. The molecule has 0 aliphatic rings. The summed E-state index contributed by atoms with van der Waals surface area (Å²) >= 11 is 5.72. The summed E-state index contributed by atoms with van der Waals surface area (Å²) in [6, 6.07) is 0.116. The van der Waals surface area contributed by atoms with Crippen LogP contribution in [0.4, 0.5) is 0 Å². The van der Waals surface area contributed by atoms with Crippen molar-refractivity contribution in [1.82, 2.24) is 29.7 Å². The zero-order chi connectivity index (χ0) is 11.4. The van der Waals surface area contributed by atoms with Gasteiger partial charge in [-0.3, -0.25) is 0 Å². The minimum Gasteiger partial charge on any atom is -0.459 e. The average Bonchev–Trinajstić information content (AvgIpc) is 2.79. The summed E-state index contributed by atoms with van der Waals surface area (Å²) in [7, 11) is 0. The van der Waals surface area contributed by atoms with Crippen LogP contribution in [0, 0.1) is 0 Å². The number of nitrogens with zero attached hydrogens (tertiary/aromatic N) is 6. The van der Waals surface area contributed by atoms with Gasteiger partial charge >= 0.3 is 6.01 Å². The van der Waals surface area contributed by atoms with Gasteiger partial charge in [-0.2, -0.15) is 24.7 Å². The number of hydrogen-bond acceptors (Lipinski definition) is 6. The molecule has 0 spiro atoms. The Kier molecular flexibility index (Phi) is 3.06. The third-order valence-corrected chi connectivity index (χ3v) is 1.70. The van der Waals surface area contributed by atoms with Gasteiger partial charge < -0.3 is 4.74 Å². The first-order valence-corrected chi connectivity index (χ1v) is 4.67. The quantitative estimate of drug-likeness (QED) is 0.729. The summed E-state index contributed by atoms with van der Waals surface area (Å²) in [6.45, 7) is 3.80. The van der Waals surface area contributed by atoms with Crippen LogP contribution >= 0.6 is 11.6 Å². The zero-order valence-electron chi connectivity index (χ0n) is 8.12. The van der Waals surface area contributed by atoms with Crippen LogP contribution in [0.1, 0.15) is 0 Å². The van der Waals surface area contributed by atoms with Gasteiger partial charge in [0.25, 0.3) is 5.95 Å². The fraction of sp³-hybridized carbons (Fsp3) is 0.125. The number of ether oxygens (including phenoxy) is 1. The molecule has 82 valence electrons. The van der Waals surface area contributed by atoms with Gasteiger partial charge in [-0.1, -0.05) is 12.7 Å². The Bertz CT molecular complexity index is 485. The third-order valence-electron chi connectivity index (χ3n) is 1.53. The van der Waals surface area contributed by atoms with E-state index in [9.17, 15) is 0 Å². The van der Waals surface area contributed by atoms with E-state index in [1.165, 1.54) is 17.3 Å². The van der Waals surface area contributed by atoms with Gasteiger partial charge in [0.05, 0.1) is 0 Å². The lowest BCUT2D eigenvalue weighted by molar-refractivity contribution is 0.331.